The van der Waals surface area contributed by atoms with Crippen molar-refractivity contribution in [1.82, 2.24) is 0 Å². The lowest BCUT2D eigenvalue weighted by Gasteiger charge is -2.29. The molecule has 0 aliphatic carbocycles. The zero-order chi connectivity index (χ0) is 14.7. The Balaban J connectivity index is 1.72. The minimum atomic E-state index is -0.606. The molecule has 3 heteroatoms. The van der Waals surface area contributed by atoms with Crippen LogP contribution in [0.25, 0.3) is 0 Å². The molecule has 1 aliphatic heterocycles. The van der Waals surface area contributed by atoms with Gasteiger partial charge in [0, 0.05) is 6.61 Å². The first kappa shape index (κ1) is 14.1. The zero-order valence-corrected chi connectivity index (χ0v) is 12.2. The molecule has 2 unspecified atom stereocenters. The molecule has 0 bridgehead atoms. The molecule has 0 radical (unpaired) electrons. The summed E-state index contributed by atoms with van der Waals surface area (Å²) in [7, 11) is 0. The van der Waals surface area contributed by atoms with Gasteiger partial charge in [-0.3, -0.25) is 0 Å². The fourth-order valence-electron chi connectivity index (χ4n) is 2.71. The molecule has 110 valence electrons. The Morgan fingerprint density at radius 3 is 2.33 bits per heavy atom. The van der Waals surface area contributed by atoms with Gasteiger partial charge in [-0.15, -0.1) is 0 Å². The molecule has 0 spiro atoms. The minimum absolute atomic E-state index is 0.470. The van der Waals surface area contributed by atoms with Gasteiger partial charge in [0.15, 0.2) is 0 Å². The summed E-state index contributed by atoms with van der Waals surface area (Å²) < 4.78 is 11.5. The van der Waals surface area contributed by atoms with Crippen LogP contribution in [0.4, 0.5) is 0 Å². The van der Waals surface area contributed by atoms with E-state index >= 15 is 0 Å². The third-order valence-corrected chi connectivity index (χ3v) is 4.00. The molecule has 0 aromatic heterocycles. The van der Waals surface area contributed by atoms with Crippen molar-refractivity contribution in [3.63, 3.8) is 0 Å². The molecular formula is C18H20O3. The summed E-state index contributed by atoms with van der Waals surface area (Å²) in [6.07, 6.45) is 1.28. The van der Waals surface area contributed by atoms with Gasteiger partial charge in [0.2, 0.25) is 0 Å². The lowest BCUT2D eigenvalue weighted by atomic mass is 9.90. The first-order valence-corrected chi connectivity index (χ1v) is 7.32. The number of aliphatic hydroxyl groups is 1. The van der Waals surface area contributed by atoms with Crippen molar-refractivity contribution in [2.75, 3.05) is 6.61 Å². The molecule has 1 fully saturated rings. The summed E-state index contributed by atoms with van der Waals surface area (Å²) in [5.74, 6) is 1.56. The largest absolute Gasteiger partial charge is 0.457 e. The van der Waals surface area contributed by atoms with Crippen LogP contribution in [0.15, 0.2) is 54.6 Å². The predicted octanol–water partition coefficient (Wildman–Crippen LogP) is 4.08. The molecule has 1 N–H and O–H groups in total. The number of para-hydroxylation sites is 1. The van der Waals surface area contributed by atoms with Crippen molar-refractivity contribution in [3.8, 4) is 11.5 Å². The second-order valence-electron chi connectivity index (χ2n) is 5.65. The molecule has 2 aromatic rings. The normalized spacial score (nSPS) is 23.0. The van der Waals surface area contributed by atoms with E-state index in [0.717, 1.165) is 36.5 Å². The van der Waals surface area contributed by atoms with Gasteiger partial charge in [0.25, 0.3) is 0 Å². The van der Waals surface area contributed by atoms with Gasteiger partial charge < -0.3 is 14.6 Å². The Kier molecular flexibility index (Phi) is 3.95. The smallest absolute Gasteiger partial charge is 0.127 e. The summed E-state index contributed by atoms with van der Waals surface area (Å²) >= 11 is 0. The van der Waals surface area contributed by atoms with Crippen molar-refractivity contribution in [2.24, 2.45) is 0 Å². The Labute approximate surface area is 125 Å². The Morgan fingerprint density at radius 1 is 1.05 bits per heavy atom. The van der Waals surface area contributed by atoms with Crippen molar-refractivity contribution >= 4 is 0 Å². The second-order valence-corrected chi connectivity index (χ2v) is 5.65. The Morgan fingerprint density at radius 2 is 1.71 bits per heavy atom. The molecule has 1 heterocycles. The summed E-state index contributed by atoms with van der Waals surface area (Å²) in [4.78, 5) is 0. The van der Waals surface area contributed by atoms with E-state index in [2.05, 4.69) is 0 Å². The number of aliphatic hydroxyl groups excluding tert-OH is 1. The van der Waals surface area contributed by atoms with Gasteiger partial charge in [0.1, 0.15) is 17.6 Å². The van der Waals surface area contributed by atoms with Crippen LogP contribution in [-0.4, -0.2) is 17.3 Å². The Hall–Kier alpha value is -1.84. The number of hydrogen-bond donors (Lipinski definition) is 1. The number of hydrogen-bond acceptors (Lipinski definition) is 3. The maximum Gasteiger partial charge on any atom is 0.127 e. The summed E-state index contributed by atoms with van der Waals surface area (Å²) in [5.41, 5.74) is 0.391. The second kappa shape index (κ2) is 5.88. The summed E-state index contributed by atoms with van der Waals surface area (Å²) in [5, 5.41) is 10.5. The molecule has 3 rings (SSSR count). The average molecular weight is 284 g/mol. The van der Waals surface area contributed by atoms with E-state index < -0.39 is 11.7 Å². The summed E-state index contributed by atoms with van der Waals surface area (Å²) in [6.45, 7) is 2.70. The predicted molar refractivity (Wildman–Crippen MR) is 81.5 cm³/mol. The third-order valence-electron chi connectivity index (χ3n) is 4.00. The lowest BCUT2D eigenvalue weighted by molar-refractivity contribution is -0.0796. The molecule has 0 amide bonds. The Bertz CT molecular complexity index is 571. The van der Waals surface area contributed by atoms with E-state index in [0.29, 0.717) is 0 Å². The van der Waals surface area contributed by atoms with Crippen LogP contribution in [0.5, 0.6) is 11.5 Å². The van der Waals surface area contributed by atoms with Gasteiger partial charge in [-0.05, 0) is 49.6 Å². The van der Waals surface area contributed by atoms with E-state index in [1.807, 2.05) is 61.5 Å². The van der Waals surface area contributed by atoms with Gasteiger partial charge in [-0.25, -0.2) is 0 Å². The van der Waals surface area contributed by atoms with Crippen LogP contribution in [-0.2, 0) is 4.74 Å². The van der Waals surface area contributed by atoms with E-state index in [9.17, 15) is 5.11 Å². The van der Waals surface area contributed by atoms with E-state index in [1.165, 1.54) is 0 Å². The van der Waals surface area contributed by atoms with Crippen LogP contribution in [0.1, 0.15) is 31.4 Å². The van der Waals surface area contributed by atoms with E-state index in [4.69, 9.17) is 9.47 Å². The van der Waals surface area contributed by atoms with Crippen LogP contribution >= 0.6 is 0 Å². The molecule has 2 aromatic carbocycles. The monoisotopic (exact) mass is 284 g/mol. The summed E-state index contributed by atoms with van der Waals surface area (Å²) in [6, 6.07) is 17.2. The zero-order valence-electron chi connectivity index (χ0n) is 12.2. The maximum absolute atomic E-state index is 10.5. The van der Waals surface area contributed by atoms with E-state index in [1.54, 1.807) is 0 Å². The van der Waals surface area contributed by atoms with Crippen molar-refractivity contribution < 1.29 is 14.6 Å². The quantitative estimate of drug-likeness (QED) is 0.919. The highest BCUT2D eigenvalue weighted by Gasteiger charge is 2.38. The van der Waals surface area contributed by atoms with Crippen LogP contribution < -0.4 is 4.74 Å². The minimum Gasteiger partial charge on any atom is -0.457 e. The lowest BCUT2D eigenvalue weighted by Crippen LogP contribution is -2.31. The molecule has 0 saturated carbocycles. The van der Waals surface area contributed by atoms with Gasteiger partial charge in [-0.1, -0.05) is 30.3 Å². The highest BCUT2D eigenvalue weighted by atomic mass is 16.5. The van der Waals surface area contributed by atoms with Gasteiger partial charge >= 0.3 is 0 Å². The van der Waals surface area contributed by atoms with Crippen LogP contribution in [0.2, 0.25) is 0 Å². The van der Waals surface area contributed by atoms with Gasteiger partial charge in [-0.2, -0.15) is 0 Å². The van der Waals surface area contributed by atoms with Crippen LogP contribution in [0, 0.1) is 0 Å². The number of ether oxygens (including phenoxy) is 2. The molecule has 21 heavy (non-hydrogen) atoms. The fourth-order valence-corrected chi connectivity index (χ4v) is 2.71. The van der Waals surface area contributed by atoms with Crippen molar-refractivity contribution in [3.05, 3.63) is 60.2 Å². The number of rotatable bonds is 4. The topological polar surface area (TPSA) is 38.7 Å². The standard InChI is InChI=1S/C18H20O3/c1-18(12-5-13-20-18)17(19)14-8-10-16(11-9-14)21-15-6-3-2-4-7-15/h2-4,6-11,17,19H,5,12-13H2,1H3. The molecule has 2 atom stereocenters. The third kappa shape index (κ3) is 3.09. The highest BCUT2D eigenvalue weighted by Crippen LogP contribution is 2.37. The van der Waals surface area contributed by atoms with Gasteiger partial charge in [0.05, 0.1) is 5.60 Å². The van der Waals surface area contributed by atoms with Crippen LogP contribution in [0.3, 0.4) is 0 Å². The molecule has 1 aliphatic rings. The van der Waals surface area contributed by atoms with Crippen molar-refractivity contribution in [1.29, 1.82) is 0 Å². The molecule has 1 saturated heterocycles. The van der Waals surface area contributed by atoms with E-state index in [-0.39, 0.29) is 0 Å². The average Bonchev–Trinajstić information content (AvgIpc) is 2.96. The SMILES string of the molecule is CC1(C(O)c2ccc(Oc3ccccc3)cc2)CCCO1. The molecular weight excluding hydrogens is 264 g/mol. The first-order valence-electron chi connectivity index (χ1n) is 7.32. The van der Waals surface area contributed by atoms with Crippen molar-refractivity contribution in [2.45, 2.75) is 31.5 Å². The highest BCUT2D eigenvalue weighted by molar-refractivity contribution is 5.34. The fraction of sp³-hybridized carbons (Fsp3) is 0.333. The maximum atomic E-state index is 10.5. The first-order chi connectivity index (χ1) is 10.2. The number of benzene rings is 2. The molecule has 3 nitrogen and oxygen atoms in total.